The number of methoxy groups -OCH3 is 1. The number of hydrogen-bond donors (Lipinski definition) is 1. The van der Waals surface area contributed by atoms with Crippen molar-refractivity contribution in [1.29, 1.82) is 0 Å². The van der Waals surface area contributed by atoms with Gasteiger partial charge in [-0.15, -0.1) is 0 Å². The van der Waals surface area contributed by atoms with E-state index >= 15 is 0 Å². The summed E-state index contributed by atoms with van der Waals surface area (Å²) in [7, 11) is 1.60. The molecule has 1 unspecified atom stereocenters. The van der Waals surface area contributed by atoms with Crippen molar-refractivity contribution in [2.24, 2.45) is 0 Å². The van der Waals surface area contributed by atoms with Crippen LogP contribution in [0.1, 0.15) is 43.4 Å². The van der Waals surface area contributed by atoms with E-state index < -0.39 is 6.04 Å². The molecule has 2 rings (SSSR count). The summed E-state index contributed by atoms with van der Waals surface area (Å²) in [6.45, 7) is 8.57. The molecule has 0 aliphatic heterocycles. The van der Waals surface area contributed by atoms with Crippen LogP contribution in [0.2, 0.25) is 0 Å². The van der Waals surface area contributed by atoms with E-state index in [1.54, 1.807) is 12.0 Å². The molecule has 7 heteroatoms. The Morgan fingerprint density at radius 3 is 2.38 bits per heavy atom. The van der Waals surface area contributed by atoms with Gasteiger partial charge in [0.05, 0.1) is 7.11 Å². The second kappa shape index (κ2) is 12.5. The molecule has 6 nitrogen and oxygen atoms in total. The van der Waals surface area contributed by atoms with Gasteiger partial charge >= 0.3 is 0 Å². The van der Waals surface area contributed by atoms with Gasteiger partial charge in [-0.3, -0.25) is 9.59 Å². The Balaban J connectivity index is 2.24. The monoisotopic (exact) mass is 504 g/mol. The molecule has 0 saturated heterocycles. The molecule has 32 heavy (non-hydrogen) atoms. The minimum atomic E-state index is -0.586. The molecular weight excluding hydrogens is 472 g/mol. The van der Waals surface area contributed by atoms with E-state index in [-0.39, 0.29) is 25.0 Å². The van der Waals surface area contributed by atoms with Gasteiger partial charge in [0.2, 0.25) is 5.91 Å². The second-order valence-corrected chi connectivity index (χ2v) is 8.54. The molecule has 2 amide bonds. The largest absolute Gasteiger partial charge is 0.497 e. The summed E-state index contributed by atoms with van der Waals surface area (Å²) >= 11 is 3.54. The van der Waals surface area contributed by atoms with Crippen molar-refractivity contribution in [2.75, 3.05) is 20.3 Å². The van der Waals surface area contributed by atoms with Gasteiger partial charge in [-0.05, 0) is 67.6 Å². The number of hydrogen-bond acceptors (Lipinski definition) is 4. The van der Waals surface area contributed by atoms with Crippen LogP contribution in [0.4, 0.5) is 0 Å². The topological polar surface area (TPSA) is 67.9 Å². The fourth-order valence-electron chi connectivity index (χ4n) is 3.47. The maximum absolute atomic E-state index is 13.3. The maximum atomic E-state index is 13.3. The molecule has 1 atom stereocenters. The van der Waals surface area contributed by atoms with E-state index in [1.165, 1.54) is 0 Å². The fraction of sp³-hybridized carbons (Fsp3) is 0.440. The zero-order valence-electron chi connectivity index (χ0n) is 19.5. The SMILES string of the molecule is CCCNC(=O)C(CC)N(Cc1cccc(OC)c1)C(=O)COc1cc(C)c(Br)c(C)c1. The van der Waals surface area contributed by atoms with Gasteiger partial charge < -0.3 is 19.7 Å². The molecule has 0 fully saturated rings. The Morgan fingerprint density at radius 1 is 1.09 bits per heavy atom. The molecule has 0 saturated carbocycles. The summed E-state index contributed by atoms with van der Waals surface area (Å²) in [5.74, 6) is 0.933. The quantitative estimate of drug-likeness (QED) is 0.477. The number of carbonyl (C=O) groups excluding carboxylic acids is 2. The predicted molar refractivity (Wildman–Crippen MR) is 130 cm³/mol. The van der Waals surface area contributed by atoms with Crippen LogP contribution < -0.4 is 14.8 Å². The van der Waals surface area contributed by atoms with E-state index in [9.17, 15) is 9.59 Å². The lowest BCUT2D eigenvalue weighted by Crippen LogP contribution is -2.50. The predicted octanol–water partition coefficient (Wildman–Crippen LogP) is 4.79. The van der Waals surface area contributed by atoms with Crippen LogP contribution in [0.3, 0.4) is 0 Å². The van der Waals surface area contributed by atoms with Crippen LogP contribution >= 0.6 is 15.9 Å². The number of nitrogens with zero attached hydrogens (tertiary/aromatic N) is 1. The minimum absolute atomic E-state index is 0.151. The molecule has 0 radical (unpaired) electrons. The van der Waals surface area contributed by atoms with E-state index in [1.807, 2.05) is 64.1 Å². The average molecular weight is 505 g/mol. The third-order valence-electron chi connectivity index (χ3n) is 5.19. The minimum Gasteiger partial charge on any atom is -0.497 e. The Bertz CT molecular complexity index is 909. The molecule has 0 aliphatic rings. The Kier molecular flexibility index (Phi) is 10.0. The molecule has 1 N–H and O–H groups in total. The smallest absolute Gasteiger partial charge is 0.261 e. The average Bonchev–Trinajstić information content (AvgIpc) is 2.79. The van der Waals surface area contributed by atoms with E-state index in [0.717, 1.165) is 27.6 Å². The van der Waals surface area contributed by atoms with Crippen molar-refractivity contribution in [3.05, 3.63) is 57.6 Å². The molecule has 0 heterocycles. The highest BCUT2D eigenvalue weighted by Gasteiger charge is 2.29. The van der Waals surface area contributed by atoms with Crippen LogP contribution in [0.5, 0.6) is 11.5 Å². The summed E-state index contributed by atoms with van der Waals surface area (Å²) in [5.41, 5.74) is 2.95. The number of ether oxygens (including phenoxy) is 2. The summed E-state index contributed by atoms with van der Waals surface area (Å²) < 4.78 is 12.2. The first kappa shape index (κ1) is 25.7. The molecule has 2 aromatic carbocycles. The zero-order valence-corrected chi connectivity index (χ0v) is 21.1. The number of amides is 2. The fourth-order valence-corrected chi connectivity index (χ4v) is 3.70. The number of aryl methyl sites for hydroxylation is 2. The van der Waals surface area contributed by atoms with Crippen molar-refractivity contribution < 1.29 is 19.1 Å². The van der Waals surface area contributed by atoms with Gasteiger partial charge in [-0.25, -0.2) is 0 Å². The number of halogens is 1. The lowest BCUT2D eigenvalue weighted by molar-refractivity contribution is -0.143. The standard InChI is InChI=1S/C25H33BrN2O4/c1-6-11-27-25(30)22(7-2)28(15-19-9-8-10-20(14-19)31-5)23(29)16-32-21-12-17(3)24(26)18(4)13-21/h8-10,12-14,22H,6-7,11,15-16H2,1-5H3,(H,27,30). The Morgan fingerprint density at radius 2 is 1.78 bits per heavy atom. The van der Waals surface area contributed by atoms with Crippen LogP contribution in [0, 0.1) is 13.8 Å². The highest BCUT2D eigenvalue weighted by molar-refractivity contribution is 9.10. The molecule has 0 spiro atoms. The van der Waals surface area contributed by atoms with Crippen LogP contribution in [0.15, 0.2) is 40.9 Å². The molecular formula is C25H33BrN2O4. The number of nitrogens with one attached hydrogen (secondary N) is 1. The van der Waals surface area contributed by atoms with Crippen molar-refractivity contribution in [2.45, 2.75) is 53.1 Å². The maximum Gasteiger partial charge on any atom is 0.261 e. The molecule has 0 bridgehead atoms. The first-order valence-corrected chi connectivity index (χ1v) is 11.7. The highest BCUT2D eigenvalue weighted by Crippen LogP contribution is 2.26. The first-order valence-electron chi connectivity index (χ1n) is 10.9. The lowest BCUT2D eigenvalue weighted by Gasteiger charge is -2.30. The number of rotatable bonds is 11. The van der Waals surface area contributed by atoms with Gasteiger partial charge in [0.1, 0.15) is 17.5 Å². The summed E-state index contributed by atoms with van der Waals surface area (Å²) in [6.07, 6.45) is 1.33. The first-order chi connectivity index (χ1) is 15.3. The Hall–Kier alpha value is -2.54. The summed E-state index contributed by atoms with van der Waals surface area (Å²) in [6, 6.07) is 10.7. The van der Waals surface area contributed by atoms with Crippen LogP contribution in [-0.2, 0) is 16.1 Å². The highest BCUT2D eigenvalue weighted by atomic mass is 79.9. The summed E-state index contributed by atoms with van der Waals surface area (Å²) in [4.78, 5) is 27.7. The van der Waals surface area contributed by atoms with Crippen LogP contribution in [-0.4, -0.2) is 43.0 Å². The van der Waals surface area contributed by atoms with Crippen molar-refractivity contribution in [1.82, 2.24) is 10.2 Å². The van der Waals surface area contributed by atoms with E-state index in [2.05, 4.69) is 21.2 Å². The molecule has 0 aromatic heterocycles. The van der Waals surface area contributed by atoms with Gasteiger partial charge in [-0.1, -0.05) is 41.9 Å². The molecule has 2 aromatic rings. The normalized spacial score (nSPS) is 11.6. The van der Waals surface area contributed by atoms with Gasteiger partial charge in [0.15, 0.2) is 6.61 Å². The van der Waals surface area contributed by atoms with Crippen LogP contribution in [0.25, 0.3) is 0 Å². The van der Waals surface area contributed by atoms with Gasteiger partial charge in [0.25, 0.3) is 5.91 Å². The van der Waals surface area contributed by atoms with E-state index in [4.69, 9.17) is 9.47 Å². The third-order valence-corrected chi connectivity index (χ3v) is 6.45. The van der Waals surface area contributed by atoms with Crippen molar-refractivity contribution in [3.8, 4) is 11.5 Å². The number of carbonyl (C=O) groups is 2. The zero-order chi connectivity index (χ0) is 23.7. The molecule has 0 aliphatic carbocycles. The van der Waals surface area contributed by atoms with Gasteiger partial charge in [0, 0.05) is 17.6 Å². The molecule has 174 valence electrons. The van der Waals surface area contributed by atoms with E-state index in [0.29, 0.717) is 24.5 Å². The second-order valence-electron chi connectivity index (χ2n) is 7.75. The van der Waals surface area contributed by atoms with Crippen molar-refractivity contribution >= 4 is 27.7 Å². The Labute approximate surface area is 199 Å². The lowest BCUT2D eigenvalue weighted by atomic mass is 10.1. The van der Waals surface area contributed by atoms with Crippen molar-refractivity contribution in [3.63, 3.8) is 0 Å². The number of benzene rings is 2. The summed E-state index contributed by atoms with van der Waals surface area (Å²) in [5, 5.41) is 2.92. The van der Waals surface area contributed by atoms with Gasteiger partial charge in [-0.2, -0.15) is 0 Å². The third kappa shape index (κ3) is 6.99.